The first-order valence-electron chi connectivity index (χ1n) is 9.14. The summed E-state index contributed by atoms with van der Waals surface area (Å²) in [7, 11) is 1.59. The van der Waals surface area contributed by atoms with Crippen LogP contribution >= 0.6 is 11.8 Å². The Bertz CT molecular complexity index is 885. The van der Waals surface area contributed by atoms with Crippen LogP contribution in [0.25, 0.3) is 0 Å². The van der Waals surface area contributed by atoms with Gasteiger partial charge in [-0.25, -0.2) is 0 Å². The van der Waals surface area contributed by atoms with Gasteiger partial charge in [-0.1, -0.05) is 24.3 Å². The van der Waals surface area contributed by atoms with Crippen molar-refractivity contribution in [2.24, 2.45) is 0 Å². The quantitative estimate of drug-likeness (QED) is 0.668. The van der Waals surface area contributed by atoms with E-state index < -0.39 is 5.97 Å². The Morgan fingerprint density at radius 2 is 1.90 bits per heavy atom. The number of anilines is 1. The smallest absolute Gasteiger partial charge is 0.308 e. The molecule has 0 saturated heterocycles. The Kier molecular flexibility index (Phi) is 7.13. The topological polar surface area (TPSA) is 84.9 Å². The Hall–Kier alpha value is -3.00. The highest BCUT2D eigenvalue weighted by atomic mass is 32.2. The van der Waals surface area contributed by atoms with Crippen molar-refractivity contribution in [3.8, 4) is 5.75 Å². The first-order chi connectivity index (χ1) is 14.1. The van der Waals surface area contributed by atoms with E-state index in [-0.39, 0.29) is 31.4 Å². The van der Waals surface area contributed by atoms with Gasteiger partial charge in [-0.3, -0.25) is 14.4 Å². The number of hydrogen-bond donors (Lipinski definition) is 1. The third-order valence-corrected chi connectivity index (χ3v) is 5.41. The average molecular weight is 414 g/mol. The van der Waals surface area contributed by atoms with E-state index in [1.807, 2.05) is 36.4 Å². The summed E-state index contributed by atoms with van der Waals surface area (Å²) in [4.78, 5) is 38.7. The van der Waals surface area contributed by atoms with Crippen LogP contribution in [0, 0.1) is 0 Å². The van der Waals surface area contributed by atoms with Gasteiger partial charge in [-0.15, -0.1) is 11.8 Å². The van der Waals surface area contributed by atoms with E-state index in [2.05, 4.69) is 5.32 Å². The van der Waals surface area contributed by atoms with E-state index in [0.717, 1.165) is 21.9 Å². The monoisotopic (exact) mass is 414 g/mol. The molecule has 8 heteroatoms. The highest BCUT2D eigenvalue weighted by Crippen LogP contribution is 2.34. The van der Waals surface area contributed by atoms with Crippen LogP contribution in [0.4, 0.5) is 5.69 Å². The lowest BCUT2D eigenvalue weighted by Gasteiger charge is -2.28. The molecular formula is C21H22N2O5S. The number of carbonyl (C=O) groups excluding carboxylic acids is 3. The molecule has 0 unspecified atom stereocenters. The van der Waals surface area contributed by atoms with Gasteiger partial charge in [-0.05, 0) is 29.8 Å². The zero-order chi connectivity index (χ0) is 20.6. The predicted molar refractivity (Wildman–Crippen MR) is 110 cm³/mol. The fourth-order valence-corrected chi connectivity index (χ4v) is 3.75. The minimum Gasteiger partial charge on any atom is -0.497 e. The molecule has 2 aromatic rings. The molecule has 3 rings (SSSR count). The van der Waals surface area contributed by atoms with Gasteiger partial charge in [0.1, 0.15) is 5.75 Å². The number of thioether (sulfide) groups is 1. The first-order valence-corrected chi connectivity index (χ1v) is 10.1. The molecule has 29 heavy (non-hydrogen) atoms. The van der Waals surface area contributed by atoms with Crippen molar-refractivity contribution in [1.82, 2.24) is 5.32 Å². The second-order valence-electron chi connectivity index (χ2n) is 6.34. The molecule has 2 aromatic carbocycles. The van der Waals surface area contributed by atoms with Crippen LogP contribution in [0.15, 0.2) is 53.4 Å². The highest BCUT2D eigenvalue weighted by Gasteiger charge is 2.24. The van der Waals surface area contributed by atoms with E-state index in [1.54, 1.807) is 24.1 Å². The van der Waals surface area contributed by atoms with Crippen molar-refractivity contribution < 1.29 is 23.9 Å². The summed E-state index contributed by atoms with van der Waals surface area (Å²) in [5, 5.41) is 2.69. The molecule has 0 atom stereocenters. The maximum atomic E-state index is 12.2. The molecule has 0 radical (unpaired) electrons. The van der Waals surface area contributed by atoms with Crippen LogP contribution in [0.5, 0.6) is 5.75 Å². The van der Waals surface area contributed by atoms with Gasteiger partial charge in [0.15, 0.2) is 6.61 Å². The van der Waals surface area contributed by atoms with E-state index in [4.69, 9.17) is 9.47 Å². The molecule has 1 aliphatic rings. The number of methoxy groups -OCH3 is 1. The van der Waals surface area contributed by atoms with Crippen molar-refractivity contribution in [3.05, 3.63) is 54.1 Å². The SMILES string of the molecule is COc1ccc(CNC(=O)COC(=O)CCN2C(=O)CSc3ccccc32)cc1. The fourth-order valence-electron chi connectivity index (χ4n) is 2.82. The first kappa shape index (κ1) is 20.7. The number of carbonyl (C=O) groups is 3. The van der Waals surface area contributed by atoms with Crippen LogP contribution in [-0.2, 0) is 25.7 Å². The van der Waals surface area contributed by atoms with Gasteiger partial charge < -0.3 is 19.7 Å². The van der Waals surface area contributed by atoms with Crippen molar-refractivity contribution >= 4 is 35.2 Å². The molecule has 1 heterocycles. The molecule has 0 saturated carbocycles. The number of hydrogen-bond acceptors (Lipinski definition) is 6. The molecular weight excluding hydrogens is 392 g/mol. The Balaban J connectivity index is 1.40. The van der Waals surface area contributed by atoms with Crippen LogP contribution in [0.3, 0.4) is 0 Å². The predicted octanol–water partition coefficient (Wildman–Crippen LogP) is 2.38. The number of rotatable bonds is 8. The molecule has 1 aliphatic heterocycles. The lowest BCUT2D eigenvalue weighted by Crippen LogP contribution is -2.37. The molecule has 0 fully saturated rings. The number of amides is 2. The van der Waals surface area contributed by atoms with E-state index in [0.29, 0.717) is 12.3 Å². The molecule has 152 valence electrons. The maximum absolute atomic E-state index is 12.2. The van der Waals surface area contributed by atoms with Crippen molar-refractivity contribution in [2.75, 3.05) is 30.9 Å². The van der Waals surface area contributed by atoms with Gasteiger partial charge in [0, 0.05) is 18.0 Å². The number of nitrogens with one attached hydrogen (secondary N) is 1. The summed E-state index contributed by atoms with van der Waals surface area (Å²) in [6.07, 6.45) is 0.0243. The minimum atomic E-state index is -0.520. The zero-order valence-electron chi connectivity index (χ0n) is 16.1. The zero-order valence-corrected chi connectivity index (χ0v) is 16.9. The third kappa shape index (κ3) is 5.74. The fraction of sp³-hybridized carbons (Fsp3) is 0.286. The average Bonchev–Trinajstić information content (AvgIpc) is 2.76. The van der Waals surface area contributed by atoms with Gasteiger partial charge in [0.05, 0.1) is 25.0 Å². The number of fused-ring (bicyclic) bond motifs is 1. The van der Waals surface area contributed by atoms with E-state index in [1.165, 1.54) is 11.8 Å². The molecule has 0 spiro atoms. The molecule has 2 amide bonds. The second kappa shape index (κ2) is 9.97. The summed E-state index contributed by atoms with van der Waals surface area (Å²) >= 11 is 1.49. The summed E-state index contributed by atoms with van der Waals surface area (Å²) in [5.41, 5.74) is 1.71. The van der Waals surface area contributed by atoms with Gasteiger partial charge in [0.25, 0.3) is 5.91 Å². The molecule has 0 bridgehead atoms. The lowest BCUT2D eigenvalue weighted by atomic mass is 10.2. The number of ether oxygens (including phenoxy) is 2. The van der Waals surface area contributed by atoms with Gasteiger partial charge in [0.2, 0.25) is 5.91 Å². The summed E-state index contributed by atoms with van der Waals surface area (Å²) < 4.78 is 10.1. The second-order valence-corrected chi connectivity index (χ2v) is 7.35. The number of esters is 1. The number of nitrogens with zero attached hydrogens (tertiary/aromatic N) is 1. The van der Waals surface area contributed by atoms with E-state index >= 15 is 0 Å². The summed E-state index contributed by atoms with van der Waals surface area (Å²) in [6, 6.07) is 14.9. The van der Waals surface area contributed by atoms with Crippen molar-refractivity contribution in [1.29, 1.82) is 0 Å². The number of para-hydroxylation sites is 1. The summed E-state index contributed by atoms with van der Waals surface area (Å²) in [5.74, 6) is 0.138. The van der Waals surface area contributed by atoms with Crippen LogP contribution in [0.1, 0.15) is 12.0 Å². The van der Waals surface area contributed by atoms with E-state index in [9.17, 15) is 14.4 Å². The van der Waals surface area contributed by atoms with Crippen LogP contribution in [-0.4, -0.2) is 43.8 Å². The van der Waals surface area contributed by atoms with Crippen molar-refractivity contribution in [3.63, 3.8) is 0 Å². The normalized spacial score (nSPS) is 12.9. The van der Waals surface area contributed by atoms with Gasteiger partial charge >= 0.3 is 5.97 Å². The number of benzene rings is 2. The molecule has 0 aromatic heterocycles. The third-order valence-electron chi connectivity index (χ3n) is 4.36. The summed E-state index contributed by atoms with van der Waals surface area (Å²) in [6.45, 7) is 0.204. The lowest BCUT2D eigenvalue weighted by molar-refractivity contribution is -0.148. The molecule has 0 aliphatic carbocycles. The van der Waals surface area contributed by atoms with Gasteiger partial charge in [-0.2, -0.15) is 0 Å². The maximum Gasteiger partial charge on any atom is 0.308 e. The standard InChI is InChI=1S/C21H22N2O5S/c1-27-16-8-6-15(7-9-16)12-22-19(24)13-28-21(26)10-11-23-17-4-2-3-5-18(17)29-14-20(23)25/h2-9H,10-14H2,1H3,(H,22,24). The minimum absolute atomic E-state index is 0.0243. The van der Waals surface area contributed by atoms with Crippen molar-refractivity contribution in [2.45, 2.75) is 17.9 Å². The molecule has 7 nitrogen and oxygen atoms in total. The highest BCUT2D eigenvalue weighted by molar-refractivity contribution is 8.00. The van der Waals surface area contributed by atoms with Crippen LogP contribution in [0.2, 0.25) is 0 Å². The molecule has 1 N–H and O–H groups in total. The Labute approximate surface area is 173 Å². The Morgan fingerprint density at radius 1 is 1.14 bits per heavy atom. The largest absolute Gasteiger partial charge is 0.497 e. The Morgan fingerprint density at radius 3 is 2.66 bits per heavy atom. The van der Waals surface area contributed by atoms with Crippen LogP contribution < -0.4 is 15.0 Å².